The Hall–Kier alpha value is -1.99. The molecule has 17 unspecified atom stereocenters. The highest BCUT2D eigenvalue weighted by Crippen LogP contribution is 2.33. The van der Waals surface area contributed by atoms with Crippen molar-refractivity contribution in [1.29, 1.82) is 0 Å². The summed E-state index contributed by atoms with van der Waals surface area (Å²) in [6.07, 6.45) is 23.1. The van der Waals surface area contributed by atoms with Crippen molar-refractivity contribution in [2.75, 3.05) is 26.4 Å². The molecule has 0 spiro atoms. The smallest absolute Gasteiger partial charge is 0.220 e. The second kappa shape index (κ2) is 45.3. The van der Waals surface area contributed by atoms with Crippen LogP contribution < -0.4 is 5.32 Å². The summed E-state index contributed by atoms with van der Waals surface area (Å²) in [5, 5.41) is 120. The first-order valence-corrected chi connectivity index (χ1v) is 31.7. The number of allylic oxidation sites excluding steroid dienone is 5. The topological polar surface area (TPSA) is 307 Å². The normalized spacial score (nSPS) is 30.0. The lowest BCUT2D eigenvalue weighted by atomic mass is 9.96. The highest BCUT2D eigenvalue weighted by Gasteiger charge is 2.53. The van der Waals surface area contributed by atoms with Crippen LogP contribution in [0.5, 0.6) is 0 Å². The summed E-state index contributed by atoms with van der Waals surface area (Å²) in [5.41, 5.74) is 0. The molecule has 1 amide bonds. The van der Waals surface area contributed by atoms with Crippen molar-refractivity contribution in [3.63, 3.8) is 0 Å². The van der Waals surface area contributed by atoms with Gasteiger partial charge in [-0.25, -0.2) is 0 Å². The Bertz CT molecular complexity index is 1620. The van der Waals surface area contributed by atoms with Crippen LogP contribution in [-0.4, -0.2) is 193 Å². The molecule has 3 fully saturated rings. The predicted octanol–water partition coefficient (Wildman–Crippen LogP) is 6.49. The molecule has 0 radical (unpaired) electrons. The lowest BCUT2D eigenvalue weighted by Crippen LogP contribution is -2.66. The second-order valence-electron chi connectivity index (χ2n) is 22.8. The Morgan fingerprint density at radius 3 is 1.22 bits per heavy atom. The van der Waals surface area contributed by atoms with E-state index in [1.807, 2.05) is 6.08 Å². The van der Waals surface area contributed by atoms with Crippen LogP contribution in [0.2, 0.25) is 0 Å². The lowest BCUT2D eigenvalue weighted by Gasteiger charge is -2.48. The maximum absolute atomic E-state index is 13.3. The predicted molar refractivity (Wildman–Crippen MR) is 309 cm³/mol. The highest BCUT2D eigenvalue weighted by molar-refractivity contribution is 5.76. The standard InChI is InChI=1S/C62H113NO18/c1-3-5-7-9-11-13-15-16-17-18-19-20-21-22-23-24-25-26-27-28-29-30-32-34-36-38-40-50(68)63-45(46(67)39-37-35-33-31-14-12-10-8-6-4-2)44-76-60-56(74)53(71)58(48(42-65)78-60)81-62-57(75)54(72)59(49(43-66)79-62)80-61-55(73)52(70)51(69)47(41-64)77-61/h6,8,14,31,37,39,45-49,51-62,64-67,69-75H,3-5,7,9-13,15-30,32-36,38,40-44H2,1-2H3,(H,63,68)/b8-6+,31-14+,39-37+. The third-order valence-electron chi connectivity index (χ3n) is 15.9. The molecule has 3 rings (SSSR count). The van der Waals surface area contributed by atoms with Crippen LogP contribution in [0.15, 0.2) is 36.5 Å². The van der Waals surface area contributed by atoms with Crippen molar-refractivity contribution in [3.05, 3.63) is 36.5 Å². The summed E-state index contributed by atoms with van der Waals surface area (Å²) < 4.78 is 34.2. The number of unbranched alkanes of at least 4 members (excludes halogenated alkanes) is 27. The molecule has 0 saturated carbocycles. The Balaban J connectivity index is 1.40. The molecule has 3 saturated heterocycles. The zero-order valence-electron chi connectivity index (χ0n) is 49.5. The molecular weight excluding hydrogens is 1050 g/mol. The number of amides is 1. The van der Waals surface area contributed by atoms with E-state index >= 15 is 0 Å². The van der Waals surface area contributed by atoms with Crippen molar-refractivity contribution in [3.8, 4) is 0 Å². The number of nitrogens with one attached hydrogen (secondary N) is 1. The Morgan fingerprint density at radius 1 is 0.444 bits per heavy atom. The number of hydrogen-bond acceptors (Lipinski definition) is 18. The van der Waals surface area contributed by atoms with Crippen LogP contribution in [0.4, 0.5) is 0 Å². The van der Waals surface area contributed by atoms with Crippen LogP contribution in [0.1, 0.15) is 219 Å². The molecule has 474 valence electrons. The molecule has 0 aliphatic carbocycles. The maximum atomic E-state index is 13.3. The number of carbonyl (C=O) groups is 1. The SMILES string of the molecule is CC/C=C/CC/C=C/CC/C=C/C(O)C(COC1OC(CO)C(OC2OC(CO)C(OC3OC(CO)C(O)C(O)C3O)C(O)C2O)C(O)C1O)NC(=O)CCCCCCCCCCCCCCCCCCCCCCCCCCCC. The van der Waals surface area contributed by atoms with E-state index in [2.05, 4.69) is 43.5 Å². The quantitative estimate of drug-likeness (QED) is 0.0229. The Kier molecular flexibility index (Phi) is 41.0. The fourth-order valence-electron chi connectivity index (χ4n) is 10.8. The average molecular weight is 1160 g/mol. The van der Waals surface area contributed by atoms with Gasteiger partial charge in [-0.15, -0.1) is 0 Å². The molecule has 81 heavy (non-hydrogen) atoms. The molecular formula is C62H113NO18. The number of carbonyl (C=O) groups excluding carboxylic acids is 1. The van der Waals surface area contributed by atoms with Crippen molar-refractivity contribution < 1.29 is 89.4 Å². The van der Waals surface area contributed by atoms with Gasteiger partial charge >= 0.3 is 0 Å². The Morgan fingerprint density at radius 2 is 0.802 bits per heavy atom. The van der Waals surface area contributed by atoms with Gasteiger partial charge in [0, 0.05) is 6.42 Å². The van der Waals surface area contributed by atoms with Crippen molar-refractivity contribution in [2.45, 2.75) is 324 Å². The average Bonchev–Trinajstić information content (AvgIpc) is 3.46. The van der Waals surface area contributed by atoms with E-state index in [0.29, 0.717) is 12.8 Å². The summed E-state index contributed by atoms with van der Waals surface area (Å²) in [4.78, 5) is 13.3. The van der Waals surface area contributed by atoms with E-state index in [4.69, 9.17) is 28.4 Å². The highest BCUT2D eigenvalue weighted by atomic mass is 16.8. The van der Waals surface area contributed by atoms with E-state index in [0.717, 1.165) is 44.9 Å². The van der Waals surface area contributed by atoms with E-state index in [9.17, 15) is 61.0 Å². The molecule has 3 aliphatic rings. The van der Waals surface area contributed by atoms with Crippen LogP contribution in [0.3, 0.4) is 0 Å². The second-order valence-corrected chi connectivity index (χ2v) is 22.8. The monoisotopic (exact) mass is 1160 g/mol. The van der Waals surface area contributed by atoms with Crippen LogP contribution in [-0.2, 0) is 33.2 Å². The van der Waals surface area contributed by atoms with E-state index in [1.54, 1.807) is 6.08 Å². The molecule has 0 aromatic carbocycles. The maximum Gasteiger partial charge on any atom is 0.220 e. The molecule has 19 heteroatoms. The molecule has 0 bridgehead atoms. The number of aliphatic hydroxyl groups excluding tert-OH is 11. The first-order valence-electron chi connectivity index (χ1n) is 31.7. The van der Waals surface area contributed by atoms with E-state index in [1.165, 1.54) is 141 Å². The third-order valence-corrected chi connectivity index (χ3v) is 15.9. The lowest BCUT2D eigenvalue weighted by molar-refractivity contribution is -0.379. The zero-order chi connectivity index (χ0) is 59.0. The summed E-state index contributed by atoms with van der Waals surface area (Å²) in [7, 11) is 0. The molecule has 0 aromatic heterocycles. The molecule has 3 aliphatic heterocycles. The van der Waals surface area contributed by atoms with Crippen LogP contribution in [0, 0.1) is 0 Å². The summed E-state index contributed by atoms with van der Waals surface area (Å²) >= 11 is 0. The third kappa shape index (κ3) is 28.8. The molecule has 0 aromatic rings. The van der Waals surface area contributed by atoms with Gasteiger partial charge in [-0.1, -0.05) is 211 Å². The van der Waals surface area contributed by atoms with Crippen molar-refractivity contribution >= 4 is 5.91 Å². The van der Waals surface area contributed by atoms with Gasteiger partial charge in [0.25, 0.3) is 0 Å². The minimum Gasteiger partial charge on any atom is -0.394 e. The first-order chi connectivity index (χ1) is 39.3. The minimum absolute atomic E-state index is 0.235. The zero-order valence-corrected chi connectivity index (χ0v) is 49.5. The number of hydrogen-bond donors (Lipinski definition) is 12. The number of rotatable bonds is 47. The molecule has 17 atom stereocenters. The van der Waals surface area contributed by atoms with Crippen molar-refractivity contribution in [2.24, 2.45) is 0 Å². The van der Waals surface area contributed by atoms with Crippen LogP contribution in [0.25, 0.3) is 0 Å². The fraction of sp³-hybridized carbons (Fsp3) is 0.887. The van der Waals surface area contributed by atoms with Gasteiger partial charge in [0.15, 0.2) is 18.9 Å². The van der Waals surface area contributed by atoms with E-state index in [-0.39, 0.29) is 18.9 Å². The van der Waals surface area contributed by atoms with E-state index < -0.39 is 124 Å². The van der Waals surface area contributed by atoms with Gasteiger partial charge < -0.3 is 89.9 Å². The van der Waals surface area contributed by atoms with Gasteiger partial charge in [0.1, 0.15) is 73.2 Å². The van der Waals surface area contributed by atoms with Gasteiger partial charge in [-0.2, -0.15) is 0 Å². The molecule has 3 heterocycles. The fourth-order valence-corrected chi connectivity index (χ4v) is 10.8. The summed E-state index contributed by atoms with van der Waals surface area (Å²) in [6.45, 7) is 1.57. The van der Waals surface area contributed by atoms with Crippen molar-refractivity contribution in [1.82, 2.24) is 5.32 Å². The largest absolute Gasteiger partial charge is 0.394 e. The first kappa shape index (κ1) is 73.3. The number of aliphatic hydroxyl groups is 11. The Labute approximate surface area is 485 Å². The van der Waals surface area contributed by atoms with Crippen LogP contribution >= 0.6 is 0 Å². The molecule has 19 nitrogen and oxygen atoms in total. The number of ether oxygens (including phenoxy) is 6. The van der Waals surface area contributed by atoms with Gasteiger partial charge in [-0.3, -0.25) is 4.79 Å². The minimum atomic E-state index is -1.98. The molecule has 12 N–H and O–H groups in total. The van der Waals surface area contributed by atoms with Gasteiger partial charge in [-0.05, 0) is 38.5 Å². The van der Waals surface area contributed by atoms with Gasteiger partial charge in [0.2, 0.25) is 5.91 Å². The van der Waals surface area contributed by atoms with Gasteiger partial charge in [0.05, 0.1) is 38.6 Å². The summed E-state index contributed by atoms with van der Waals surface area (Å²) in [6, 6.07) is -0.992. The summed E-state index contributed by atoms with van der Waals surface area (Å²) in [5.74, 6) is -0.289.